The van der Waals surface area contributed by atoms with Crippen LogP contribution in [0.4, 0.5) is 0 Å². The molecule has 50 heavy (non-hydrogen) atoms. The highest BCUT2D eigenvalue weighted by Crippen LogP contribution is 2.13. The lowest BCUT2D eigenvalue weighted by molar-refractivity contribution is -0.893. The van der Waals surface area contributed by atoms with Crippen molar-refractivity contribution < 1.29 is 18.7 Å². The fourth-order valence-corrected chi connectivity index (χ4v) is 6.76. The molecule has 0 fully saturated rings. The Labute approximate surface area is 323 Å². The fourth-order valence-electron chi connectivity index (χ4n) is 6.53. The highest BCUT2D eigenvalue weighted by molar-refractivity contribution is 9.09. The third-order valence-corrected chi connectivity index (χ3v) is 10.2. The van der Waals surface area contributed by atoms with Crippen molar-refractivity contribution in [3.63, 3.8) is 0 Å². The van der Waals surface area contributed by atoms with Crippen LogP contribution in [-0.2, 0) is 14.2 Å². The summed E-state index contributed by atoms with van der Waals surface area (Å²) in [6.07, 6.45) is 47.3. The lowest BCUT2D eigenvalue weighted by atomic mass is 10.1. The summed E-state index contributed by atoms with van der Waals surface area (Å²) in [6.45, 7) is 10.5. The Morgan fingerprint density at radius 1 is 0.460 bits per heavy atom. The minimum atomic E-state index is 0.151. The fraction of sp³-hybridized carbons (Fsp3) is 0.911. The molecule has 0 saturated heterocycles. The number of quaternary nitrogens is 1. The van der Waals surface area contributed by atoms with Crippen LogP contribution >= 0.6 is 15.9 Å². The average molecular weight is 772 g/mol. The van der Waals surface area contributed by atoms with Crippen molar-refractivity contribution in [2.45, 2.75) is 200 Å². The van der Waals surface area contributed by atoms with Crippen molar-refractivity contribution >= 4 is 15.9 Å². The molecule has 0 aliphatic carbocycles. The van der Waals surface area contributed by atoms with E-state index in [1.165, 1.54) is 173 Å². The number of rotatable bonds is 42. The summed E-state index contributed by atoms with van der Waals surface area (Å²) in [5, 5.41) is 0.896. The van der Waals surface area contributed by atoms with Gasteiger partial charge >= 0.3 is 0 Å². The quantitative estimate of drug-likeness (QED) is 0.0268. The van der Waals surface area contributed by atoms with Crippen molar-refractivity contribution in [3.8, 4) is 0 Å². The number of halogens is 1. The van der Waals surface area contributed by atoms with Gasteiger partial charge in [-0.15, -0.1) is 0 Å². The summed E-state index contributed by atoms with van der Waals surface area (Å²) in [6, 6.07) is 0. The molecule has 0 aliphatic rings. The molecular weight excluding hydrogens is 682 g/mol. The summed E-state index contributed by atoms with van der Waals surface area (Å²) in [4.78, 5) is 0. The molecule has 5 heteroatoms. The van der Waals surface area contributed by atoms with Gasteiger partial charge < -0.3 is 18.7 Å². The van der Waals surface area contributed by atoms with Gasteiger partial charge in [-0.05, 0) is 64.2 Å². The van der Waals surface area contributed by atoms with Crippen LogP contribution in [-0.4, -0.2) is 76.1 Å². The molecule has 0 spiro atoms. The molecule has 0 amide bonds. The second-order valence-corrected chi connectivity index (χ2v) is 16.4. The number of likely N-dealkylation sites (N-methyl/N-ethyl adjacent to an activating group) is 1. The van der Waals surface area contributed by atoms with Gasteiger partial charge in [0.1, 0.15) is 19.2 Å². The first-order chi connectivity index (χ1) is 24.6. The maximum atomic E-state index is 6.45. The predicted octanol–water partition coefficient (Wildman–Crippen LogP) is 14.0. The Balaban J connectivity index is 4.00. The highest BCUT2D eigenvalue weighted by Gasteiger charge is 2.23. The van der Waals surface area contributed by atoms with Crippen LogP contribution in [0.25, 0.3) is 0 Å². The number of hydrogen-bond acceptors (Lipinski definition) is 3. The van der Waals surface area contributed by atoms with E-state index in [4.69, 9.17) is 14.2 Å². The van der Waals surface area contributed by atoms with Gasteiger partial charge in [0.05, 0.1) is 33.9 Å². The van der Waals surface area contributed by atoms with Crippen molar-refractivity contribution in [1.82, 2.24) is 0 Å². The topological polar surface area (TPSA) is 27.7 Å². The molecule has 0 bridgehead atoms. The molecule has 0 rings (SSSR count). The largest absolute Gasteiger partial charge is 0.379 e. The lowest BCUT2D eigenvalue weighted by Crippen LogP contribution is -2.49. The second kappa shape index (κ2) is 41.6. The SMILES string of the molecule is CCCCCCCC/C=C\CCCCCCCCOCC(C[N+](C)(C)CCOCCBr)OCCCCCCCC/C=C\CCCCCCCC. The number of unbranched alkanes of at least 4 members (excludes halogenated alkanes) is 24. The van der Waals surface area contributed by atoms with Crippen LogP contribution in [0.15, 0.2) is 24.3 Å². The van der Waals surface area contributed by atoms with Crippen LogP contribution in [0.5, 0.6) is 0 Å². The van der Waals surface area contributed by atoms with Crippen LogP contribution in [0, 0.1) is 0 Å². The molecule has 0 aromatic rings. The third kappa shape index (κ3) is 40.6. The molecule has 0 aromatic heterocycles. The smallest absolute Gasteiger partial charge is 0.130 e. The number of allylic oxidation sites excluding steroid dienone is 4. The molecule has 298 valence electrons. The molecule has 0 saturated carbocycles. The van der Waals surface area contributed by atoms with Gasteiger partial charge in [0.25, 0.3) is 0 Å². The van der Waals surface area contributed by atoms with Gasteiger partial charge in [0.2, 0.25) is 0 Å². The maximum Gasteiger partial charge on any atom is 0.130 e. The Kier molecular flexibility index (Phi) is 41.4. The molecule has 0 aromatic carbocycles. The van der Waals surface area contributed by atoms with E-state index in [1.807, 2.05) is 0 Å². The van der Waals surface area contributed by atoms with E-state index < -0.39 is 0 Å². The predicted molar refractivity (Wildman–Crippen MR) is 226 cm³/mol. The zero-order chi connectivity index (χ0) is 36.5. The van der Waals surface area contributed by atoms with Gasteiger partial charge in [-0.1, -0.05) is 170 Å². The van der Waals surface area contributed by atoms with E-state index in [2.05, 4.69) is 68.2 Å². The summed E-state index contributed by atoms with van der Waals surface area (Å²) in [5.41, 5.74) is 0. The number of ether oxygens (including phenoxy) is 3. The van der Waals surface area contributed by atoms with Crippen molar-refractivity contribution in [1.29, 1.82) is 0 Å². The molecule has 0 radical (unpaired) electrons. The van der Waals surface area contributed by atoms with Crippen molar-refractivity contribution in [2.75, 3.05) is 65.5 Å². The van der Waals surface area contributed by atoms with Gasteiger partial charge in [-0.3, -0.25) is 0 Å². The molecule has 1 atom stereocenters. The number of alkyl halides is 1. The normalized spacial score (nSPS) is 13.0. The molecule has 0 aliphatic heterocycles. The van der Waals surface area contributed by atoms with Crippen LogP contribution in [0.2, 0.25) is 0 Å². The lowest BCUT2D eigenvalue weighted by Gasteiger charge is -2.33. The monoisotopic (exact) mass is 771 g/mol. The van der Waals surface area contributed by atoms with Crippen molar-refractivity contribution in [3.05, 3.63) is 24.3 Å². The minimum absolute atomic E-state index is 0.151. The zero-order valence-corrected chi connectivity index (χ0v) is 36.0. The van der Waals surface area contributed by atoms with Gasteiger partial charge in [0.15, 0.2) is 0 Å². The van der Waals surface area contributed by atoms with Crippen LogP contribution < -0.4 is 0 Å². The average Bonchev–Trinajstić information content (AvgIpc) is 3.10. The minimum Gasteiger partial charge on any atom is -0.379 e. The van der Waals surface area contributed by atoms with E-state index in [1.54, 1.807) is 0 Å². The molecule has 4 nitrogen and oxygen atoms in total. The first-order valence-corrected chi connectivity index (χ1v) is 23.1. The Morgan fingerprint density at radius 2 is 0.860 bits per heavy atom. The summed E-state index contributed by atoms with van der Waals surface area (Å²) in [5.74, 6) is 0. The Bertz CT molecular complexity index is 698. The van der Waals surface area contributed by atoms with E-state index in [0.717, 1.165) is 55.8 Å². The third-order valence-electron chi connectivity index (χ3n) is 9.87. The summed E-state index contributed by atoms with van der Waals surface area (Å²) in [7, 11) is 4.59. The standard InChI is InChI=1S/C45H89BrNO3/c1-5-7-9-11-13-15-17-19-21-23-25-27-29-31-33-35-39-49-44-45(43-47(3,4)38-42-48-41-37-46)50-40-36-34-32-30-28-26-24-22-20-18-16-14-12-10-8-6-2/h19-22,45H,5-18,23-44H2,1-4H3/q+1/b21-19-,22-20-. The van der Waals surface area contributed by atoms with Crippen molar-refractivity contribution in [2.24, 2.45) is 0 Å². The van der Waals surface area contributed by atoms with Crippen LogP contribution in [0.3, 0.4) is 0 Å². The van der Waals surface area contributed by atoms with Gasteiger partial charge in [0, 0.05) is 18.5 Å². The second-order valence-electron chi connectivity index (χ2n) is 15.6. The maximum absolute atomic E-state index is 6.45. The van der Waals surface area contributed by atoms with E-state index in [0.29, 0.717) is 6.61 Å². The van der Waals surface area contributed by atoms with Gasteiger partial charge in [-0.25, -0.2) is 0 Å². The first kappa shape index (κ1) is 49.8. The number of hydrogen-bond donors (Lipinski definition) is 0. The molecule has 0 heterocycles. The zero-order valence-electron chi connectivity index (χ0n) is 34.4. The molecular formula is C45H89BrNO3+. The summed E-state index contributed by atoms with van der Waals surface area (Å²) >= 11 is 3.46. The van der Waals surface area contributed by atoms with E-state index >= 15 is 0 Å². The Hall–Kier alpha value is -0.200. The molecule has 1 unspecified atom stereocenters. The summed E-state index contributed by atoms with van der Waals surface area (Å²) < 4.78 is 19.3. The first-order valence-electron chi connectivity index (χ1n) is 22.0. The number of nitrogens with zero attached hydrogens (tertiary/aromatic N) is 1. The Morgan fingerprint density at radius 3 is 1.30 bits per heavy atom. The van der Waals surface area contributed by atoms with Gasteiger partial charge in [-0.2, -0.15) is 0 Å². The van der Waals surface area contributed by atoms with E-state index in [9.17, 15) is 0 Å². The molecule has 0 N–H and O–H groups in total. The van der Waals surface area contributed by atoms with Crippen LogP contribution in [0.1, 0.15) is 194 Å². The van der Waals surface area contributed by atoms with E-state index in [-0.39, 0.29) is 6.10 Å². The highest BCUT2D eigenvalue weighted by atomic mass is 79.9.